The number of amides is 1. The summed E-state index contributed by atoms with van der Waals surface area (Å²) in [6, 6.07) is 0. The molecule has 0 bridgehead atoms. The molecule has 16 heavy (non-hydrogen) atoms. The lowest BCUT2D eigenvalue weighted by Gasteiger charge is -2.17. The SMILES string of the molecule is CCN(CC)C(=O)c1cnn(CC(=O)O)c1. The maximum absolute atomic E-state index is 11.8. The summed E-state index contributed by atoms with van der Waals surface area (Å²) in [6.07, 6.45) is 2.85. The number of carbonyl (C=O) groups excluding carboxylic acids is 1. The van der Waals surface area contributed by atoms with Gasteiger partial charge in [0, 0.05) is 19.3 Å². The van der Waals surface area contributed by atoms with Crippen LogP contribution in [0.25, 0.3) is 0 Å². The second-order valence-electron chi connectivity index (χ2n) is 3.30. The number of carboxylic acid groups (broad SMARTS) is 1. The second kappa shape index (κ2) is 5.29. The van der Waals surface area contributed by atoms with E-state index in [0.29, 0.717) is 18.7 Å². The number of carbonyl (C=O) groups is 2. The maximum Gasteiger partial charge on any atom is 0.325 e. The predicted molar refractivity (Wildman–Crippen MR) is 57.1 cm³/mol. The van der Waals surface area contributed by atoms with Crippen LogP contribution in [0, 0.1) is 0 Å². The Hall–Kier alpha value is -1.85. The maximum atomic E-state index is 11.8. The van der Waals surface area contributed by atoms with Gasteiger partial charge in [-0.25, -0.2) is 0 Å². The fourth-order valence-electron chi connectivity index (χ4n) is 1.39. The molecule has 0 saturated heterocycles. The molecule has 1 heterocycles. The highest BCUT2D eigenvalue weighted by Gasteiger charge is 2.14. The van der Waals surface area contributed by atoms with Gasteiger partial charge in [0.05, 0.1) is 11.8 Å². The molecule has 1 amide bonds. The average molecular weight is 225 g/mol. The summed E-state index contributed by atoms with van der Waals surface area (Å²) in [5.74, 6) is -1.11. The molecule has 1 aromatic heterocycles. The topological polar surface area (TPSA) is 75.4 Å². The van der Waals surface area contributed by atoms with Crippen molar-refractivity contribution in [2.45, 2.75) is 20.4 Å². The lowest BCUT2D eigenvalue weighted by Crippen LogP contribution is -2.30. The first-order valence-electron chi connectivity index (χ1n) is 5.12. The number of aromatic nitrogens is 2. The van der Waals surface area contributed by atoms with E-state index < -0.39 is 5.97 Å². The van der Waals surface area contributed by atoms with E-state index >= 15 is 0 Å². The molecule has 0 aromatic carbocycles. The minimum absolute atomic E-state index is 0.123. The van der Waals surface area contributed by atoms with Crippen molar-refractivity contribution in [1.82, 2.24) is 14.7 Å². The first kappa shape index (κ1) is 12.2. The van der Waals surface area contributed by atoms with Crippen molar-refractivity contribution in [3.8, 4) is 0 Å². The highest BCUT2D eigenvalue weighted by molar-refractivity contribution is 5.93. The van der Waals surface area contributed by atoms with Gasteiger partial charge in [-0.15, -0.1) is 0 Å². The number of nitrogens with zero attached hydrogens (tertiary/aromatic N) is 3. The molecule has 1 aromatic rings. The number of carboxylic acids is 1. The molecule has 0 unspecified atom stereocenters. The van der Waals surface area contributed by atoms with Crippen molar-refractivity contribution < 1.29 is 14.7 Å². The molecule has 0 saturated carbocycles. The van der Waals surface area contributed by atoms with Crippen molar-refractivity contribution in [3.63, 3.8) is 0 Å². The van der Waals surface area contributed by atoms with Crippen LogP contribution in [0.3, 0.4) is 0 Å². The van der Waals surface area contributed by atoms with Gasteiger partial charge in [-0.1, -0.05) is 0 Å². The van der Waals surface area contributed by atoms with Gasteiger partial charge in [0.2, 0.25) is 0 Å². The fourth-order valence-corrected chi connectivity index (χ4v) is 1.39. The Kier molecular flexibility index (Phi) is 4.04. The summed E-state index contributed by atoms with van der Waals surface area (Å²) in [7, 11) is 0. The molecular formula is C10H15N3O3. The molecule has 0 spiro atoms. The highest BCUT2D eigenvalue weighted by atomic mass is 16.4. The van der Waals surface area contributed by atoms with Gasteiger partial charge in [0.15, 0.2) is 0 Å². The Morgan fingerprint density at radius 2 is 2.06 bits per heavy atom. The predicted octanol–water partition coefficient (Wildman–Crippen LogP) is 0.450. The van der Waals surface area contributed by atoms with Crippen molar-refractivity contribution >= 4 is 11.9 Å². The van der Waals surface area contributed by atoms with E-state index in [2.05, 4.69) is 5.10 Å². The average Bonchev–Trinajstić information content (AvgIpc) is 2.67. The van der Waals surface area contributed by atoms with E-state index in [1.165, 1.54) is 17.1 Å². The van der Waals surface area contributed by atoms with E-state index in [4.69, 9.17) is 5.11 Å². The minimum Gasteiger partial charge on any atom is -0.480 e. The van der Waals surface area contributed by atoms with Crippen LogP contribution in [-0.2, 0) is 11.3 Å². The van der Waals surface area contributed by atoms with Gasteiger partial charge in [-0.2, -0.15) is 5.10 Å². The third-order valence-electron chi connectivity index (χ3n) is 2.23. The number of hydrogen-bond donors (Lipinski definition) is 1. The minimum atomic E-state index is -0.982. The molecule has 1 rings (SSSR count). The van der Waals surface area contributed by atoms with E-state index in [9.17, 15) is 9.59 Å². The van der Waals surface area contributed by atoms with Crippen LogP contribution in [-0.4, -0.2) is 44.8 Å². The molecular weight excluding hydrogens is 210 g/mol. The zero-order valence-electron chi connectivity index (χ0n) is 9.38. The monoisotopic (exact) mass is 225 g/mol. The van der Waals surface area contributed by atoms with Crippen LogP contribution in [0.15, 0.2) is 12.4 Å². The van der Waals surface area contributed by atoms with Crippen molar-refractivity contribution in [3.05, 3.63) is 18.0 Å². The largest absolute Gasteiger partial charge is 0.480 e. The molecule has 0 fully saturated rings. The fraction of sp³-hybridized carbons (Fsp3) is 0.500. The van der Waals surface area contributed by atoms with Gasteiger partial charge >= 0.3 is 5.97 Å². The van der Waals surface area contributed by atoms with Gasteiger partial charge in [-0.3, -0.25) is 14.3 Å². The number of rotatable bonds is 5. The molecule has 0 aliphatic carbocycles. The van der Waals surface area contributed by atoms with Crippen LogP contribution in [0.4, 0.5) is 0 Å². The summed E-state index contributed by atoms with van der Waals surface area (Å²) in [5, 5.41) is 12.4. The second-order valence-corrected chi connectivity index (χ2v) is 3.30. The number of hydrogen-bond acceptors (Lipinski definition) is 3. The lowest BCUT2D eigenvalue weighted by molar-refractivity contribution is -0.137. The normalized spacial score (nSPS) is 10.1. The van der Waals surface area contributed by atoms with Crippen LogP contribution in [0.5, 0.6) is 0 Å². The van der Waals surface area contributed by atoms with Gasteiger partial charge in [-0.05, 0) is 13.8 Å². The Morgan fingerprint density at radius 1 is 1.44 bits per heavy atom. The zero-order valence-corrected chi connectivity index (χ0v) is 9.38. The van der Waals surface area contributed by atoms with Crippen molar-refractivity contribution in [1.29, 1.82) is 0 Å². The van der Waals surface area contributed by atoms with E-state index in [-0.39, 0.29) is 12.5 Å². The van der Waals surface area contributed by atoms with Crippen LogP contribution in [0.1, 0.15) is 24.2 Å². The van der Waals surface area contributed by atoms with E-state index in [1.54, 1.807) is 4.90 Å². The molecule has 0 aliphatic rings. The van der Waals surface area contributed by atoms with Crippen LogP contribution < -0.4 is 0 Å². The Bertz CT molecular complexity index is 382. The summed E-state index contributed by atoms with van der Waals surface area (Å²) in [4.78, 5) is 23.9. The first-order valence-corrected chi connectivity index (χ1v) is 5.12. The smallest absolute Gasteiger partial charge is 0.325 e. The molecule has 0 aliphatic heterocycles. The Morgan fingerprint density at radius 3 is 2.56 bits per heavy atom. The third-order valence-corrected chi connectivity index (χ3v) is 2.23. The van der Waals surface area contributed by atoms with Crippen LogP contribution in [0.2, 0.25) is 0 Å². The molecule has 6 heteroatoms. The lowest BCUT2D eigenvalue weighted by atomic mass is 10.3. The van der Waals surface area contributed by atoms with Gasteiger partial charge in [0.25, 0.3) is 5.91 Å². The quantitative estimate of drug-likeness (QED) is 0.789. The zero-order chi connectivity index (χ0) is 12.1. The summed E-state index contributed by atoms with van der Waals surface area (Å²) in [5.41, 5.74) is 0.421. The first-order chi connectivity index (χ1) is 7.58. The summed E-state index contributed by atoms with van der Waals surface area (Å²) >= 11 is 0. The van der Waals surface area contributed by atoms with Gasteiger partial charge < -0.3 is 10.0 Å². The molecule has 1 N–H and O–H groups in total. The Labute approximate surface area is 93.5 Å². The molecule has 88 valence electrons. The molecule has 6 nitrogen and oxygen atoms in total. The Balaban J connectivity index is 2.77. The molecule has 0 atom stereocenters. The van der Waals surface area contributed by atoms with E-state index in [1.807, 2.05) is 13.8 Å². The third kappa shape index (κ3) is 2.82. The van der Waals surface area contributed by atoms with E-state index in [0.717, 1.165) is 0 Å². The number of aliphatic carboxylic acids is 1. The highest BCUT2D eigenvalue weighted by Crippen LogP contribution is 2.03. The summed E-state index contributed by atoms with van der Waals surface area (Å²) < 4.78 is 1.24. The van der Waals surface area contributed by atoms with Crippen LogP contribution >= 0.6 is 0 Å². The van der Waals surface area contributed by atoms with Crippen molar-refractivity contribution in [2.24, 2.45) is 0 Å². The van der Waals surface area contributed by atoms with Crippen molar-refractivity contribution in [2.75, 3.05) is 13.1 Å². The van der Waals surface area contributed by atoms with Gasteiger partial charge in [0.1, 0.15) is 6.54 Å². The summed E-state index contributed by atoms with van der Waals surface area (Å²) in [6.45, 7) is 4.80. The standard InChI is InChI=1S/C10H15N3O3/c1-3-12(4-2)10(16)8-5-11-13(6-8)7-9(14)15/h5-6H,3-4,7H2,1-2H3,(H,14,15). The molecule has 0 radical (unpaired) electrons.